The maximum Gasteiger partial charge on any atom is 0.345 e. The van der Waals surface area contributed by atoms with E-state index in [1.807, 2.05) is 60.7 Å². The summed E-state index contributed by atoms with van der Waals surface area (Å²) in [6.07, 6.45) is 3.11. The van der Waals surface area contributed by atoms with E-state index < -0.39 is 0 Å². The summed E-state index contributed by atoms with van der Waals surface area (Å²) in [7, 11) is 0. The zero-order valence-electron chi connectivity index (χ0n) is 16.0. The molecule has 5 nitrogen and oxygen atoms in total. The first-order chi connectivity index (χ1) is 14.6. The van der Waals surface area contributed by atoms with Crippen LogP contribution in [0.2, 0.25) is 4.47 Å². The van der Waals surface area contributed by atoms with Crippen molar-refractivity contribution in [3.05, 3.63) is 97.9 Å². The van der Waals surface area contributed by atoms with E-state index in [9.17, 15) is 9.90 Å². The zero-order valence-corrected chi connectivity index (χ0v) is 17.6. The van der Waals surface area contributed by atoms with Gasteiger partial charge in [-0.2, -0.15) is 4.57 Å². The third-order valence-corrected chi connectivity index (χ3v) is 6.72. The fourth-order valence-corrected chi connectivity index (χ4v) is 5.23. The first kappa shape index (κ1) is 19.0. The molecule has 0 saturated heterocycles. The van der Waals surface area contributed by atoms with Gasteiger partial charge in [0, 0.05) is 12.6 Å². The highest BCUT2D eigenvalue weighted by Crippen LogP contribution is 2.33. The first-order valence-corrected chi connectivity index (χ1v) is 10.9. The number of hydrogen-bond donors (Lipinski definition) is 0. The summed E-state index contributed by atoms with van der Waals surface area (Å²) >= 11 is 7.44. The van der Waals surface area contributed by atoms with E-state index in [0.29, 0.717) is 23.0 Å². The van der Waals surface area contributed by atoms with E-state index in [2.05, 4.69) is 4.98 Å². The summed E-state index contributed by atoms with van der Waals surface area (Å²) in [5, 5.41) is 13.5. The van der Waals surface area contributed by atoms with Crippen molar-refractivity contribution in [1.82, 2.24) is 9.55 Å². The number of rotatable bonds is 4. The molecule has 150 valence electrons. The quantitative estimate of drug-likeness (QED) is 0.460. The summed E-state index contributed by atoms with van der Waals surface area (Å²) in [6.45, 7) is 0.422. The van der Waals surface area contributed by atoms with Crippen LogP contribution in [0.15, 0.2) is 71.7 Å². The molecule has 5 rings (SSSR count). The van der Waals surface area contributed by atoms with Crippen LogP contribution in [0.25, 0.3) is 11.1 Å². The van der Waals surface area contributed by atoms with Gasteiger partial charge in [0.15, 0.2) is 4.47 Å². The van der Waals surface area contributed by atoms with Gasteiger partial charge < -0.3 is 5.11 Å². The number of hydrogen-bond acceptors (Lipinski definition) is 4. The monoisotopic (exact) mass is 435 g/mol. The summed E-state index contributed by atoms with van der Waals surface area (Å²) < 4.78 is 3.98. The van der Waals surface area contributed by atoms with E-state index in [-0.39, 0.29) is 23.0 Å². The molecule has 2 aromatic heterocycles. The Morgan fingerprint density at radius 2 is 1.83 bits per heavy atom. The number of aromatic nitrogens is 3. The highest BCUT2D eigenvalue weighted by molar-refractivity contribution is 7.15. The third kappa shape index (κ3) is 3.22. The van der Waals surface area contributed by atoms with Gasteiger partial charge in [-0.25, -0.2) is 14.3 Å². The molecule has 3 heterocycles. The lowest BCUT2D eigenvalue weighted by Gasteiger charge is -2.19. The Balaban J connectivity index is 1.75. The minimum atomic E-state index is -0.252. The van der Waals surface area contributed by atoms with Crippen LogP contribution in [0.4, 0.5) is 0 Å². The number of halogens is 1. The minimum absolute atomic E-state index is 0.164. The van der Waals surface area contributed by atoms with Gasteiger partial charge in [0.1, 0.15) is 18.2 Å². The molecule has 0 N–H and O–H groups in total. The molecule has 2 aromatic carbocycles. The fraction of sp³-hybridized carbons (Fsp3) is 0.174. The van der Waals surface area contributed by atoms with E-state index in [1.165, 1.54) is 11.3 Å². The molecule has 0 spiro atoms. The van der Waals surface area contributed by atoms with Gasteiger partial charge in [0.05, 0.1) is 17.2 Å². The fourth-order valence-electron chi connectivity index (χ4n) is 4.15. The van der Waals surface area contributed by atoms with Crippen molar-refractivity contribution in [1.29, 1.82) is 0 Å². The molecule has 0 bridgehead atoms. The molecular formula is C23H18ClN3O2S. The smallest absolute Gasteiger partial charge is 0.345 e. The number of fused-ring (bicyclic) bond motifs is 1. The molecule has 30 heavy (non-hydrogen) atoms. The van der Waals surface area contributed by atoms with Crippen molar-refractivity contribution in [2.45, 2.75) is 25.4 Å². The highest BCUT2D eigenvalue weighted by Gasteiger charge is 2.37. The second kappa shape index (κ2) is 7.70. The van der Waals surface area contributed by atoms with Crippen molar-refractivity contribution >= 4 is 22.9 Å². The number of benzene rings is 2. The topological polar surface area (TPSA) is 61.8 Å². The second-order valence-electron chi connectivity index (χ2n) is 7.28. The molecule has 1 aliphatic heterocycles. The van der Waals surface area contributed by atoms with Crippen LogP contribution in [-0.2, 0) is 13.0 Å². The second-order valence-corrected chi connectivity index (χ2v) is 8.92. The summed E-state index contributed by atoms with van der Waals surface area (Å²) in [6, 6.07) is 18.9. The number of nitrogens with zero attached hydrogens (tertiary/aromatic N) is 3. The molecule has 0 radical (unpaired) electrons. The number of thiazole rings is 1. The zero-order chi connectivity index (χ0) is 20.7. The van der Waals surface area contributed by atoms with Gasteiger partial charge in [0.25, 0.3) is 5.82 Å². The molecule has 0 amide bonds. The Hall–Kier alpha value is -2.96. The SMILES string of the molecule is O=c1c(-c2ccccc2)c([O-])n(Cc2ccccc2)c2[n+]1C(c1cnc(Cl)s1)CC2. The maximum absolute atomic E-state index is 13.6. The van der Waals surface area contributed by atoms with Crippen LogP contribution in [0.3, 0.4) is 0 Å². The lowest BCUT2D eigenvalue weighted by atomic mass is 10.1. The summed E-state index contributed by atoms with van der Waals surface area (Å²) in [5.41, 5.74) is 1.61. The van der Waals surface area contributed by atoms with Gasteiger partial charge in [0.2, 0.25) is 0 Å². The average molecular weight is 436 g/mol. The van der Waals surface area contributed by atoms with Crippen LogP contribution in [0.5, 0.6) is 5.88 Å². The Labute approximate surface area is 182 Å². The standard InChI is InChI=1S/C23H18ClN3O2S/c24-23-25-13-18(30-23)17-11-12-19-26(14-15-7-3-1-4-8-15)21(28)20(22(29)27(17)19)16-9-5-2-6-10-16/h1-10,13,17H,11-12,14H2. The largest absolute Gasteiger partial charge is 0.842 e. The van der Waals surface area contributed by atoms with E-state index in [1.54, 1.807) is 15.3 Å². The van der Waals surface area contributed by atoms with Crippen LogP contribution in [0, 0.1) is 0 Å². The predicted octanol–water partition coefficient (Wildman–Crippen LogP) is 3.57. The van der Waals surface area contributed by atoms with Gasteiger partial charge in [-0.15, -0.1) is 11.3 Å². The van der Waals surface area contributed by atoms with Crippen molar-refractivity contribution in [2.75, 3.05) is 0 Å². The lowest BCUT2D eigenvalue weighted by Crippen LogP contribution is -2.55. The molecule has 1 aliphatic rings. The van der Waals surface area contributed by atoms with Crippen LogP contribution in [-0.4, -0.2) is 9.55 Å². The molecular weight excluding hydrogens is 418 g/mol. The summed E-state index contributed by atoms with van der Waals surface area (Å²) in [5.74, 6) is 0.507. The van der Waals surface area contributed by atoms with E-state index in [0.717, 1.165) is 22.7 Å². The van der Waals surface area contributed by atoms with Crippen LogP contribution >= 0.6 is 22.9 Å². The van der Waals surface area contributed by atoms with Crippen molar-refractivity contribution in [2.24, 2.45) is 0 Å². The van der Waals surface area contributed by atoms with Gasteiger partial charge in [-0.3, -0.25) is 0 Å². The van der Waals surface area contributed by atoms with E-state index >= 15 is 0 Å². The average Bonchev–Trinajstić information content (AvgIpc) is 3.39. The van der Waals surface area contributed by atoms with Crippen LogP contribution < -0.4 is 15.2 Å². The molecule has 0 saturated carbocycles. The maximum atomic E-state index is 13.6. The predicted molar refractivity (Wildman–Crippen MR) is 115 cm³/mol. The Morgan fingerprint density at radius 1 is 1.13 bits per heavy atom. The summed E-state index contributed by atoms with van der Waals surface area (Å²) in [4.78, 5) is 18.7. The molecule has 0 fully saturated rings. The molecule has 1 unspecified atom stereocenters. The van der Waals surface area contributed by atoms with Gasteiger partial charge in [-0.05, 0) is 11.1 Å². The Morgan fingerprint density at radius 3 is 2.50 bits per heavy atom. The van der Waals surface area contributed by atoms with E-state index in [4.69, 9.17) is 11.6 Å². The van der Waals surface area contributed by atoms with Crippen molar-refractivity contribution < 1.29 is 9.67 Å². The third-order valence-electron chi connectivity index (χ3n) is 5.50. The first-order valence-electron chi connectivity index (χ1n) is 9.72. The molecule has 1 atom stereocenters. The normalized spacial score (nSPS) is 15.3. The van der Waals surface area contributed by atoms with Crippen molar-refractivity contribution in [3.8, 4) is 17.0 Å². The van der Waals surface area contributed by atoms with Gasteiger partial charge in [-0.1, -0.05) is 72.3 Å². The van der Waals surface area contributed by atoms with Gasteiger partial charge >= 0.3 is 5.56 Å². The molecule has 4 aromatic rings. The van der Waals surface area contributed by atoms with Crippen LogP contribution in [0.1, 0.15) is 28.7 Å². The molecule has 0 aliphatic carbocycles. The highest BCUT2D eigenvalue weighted by atomic mass is 35.5. The lowest BCUT2D eigenvalue weighted by molar-refractivity contribution is -0.724. The Kier molecular flexibility index (Phi) is 4.89. The minimum Gasteiger partial charge on any atom is -0.842 e. The molecule has 7 heteroatoms. The van der Waals surface area contributed by atoms with Crippen molar-refractivity contribution in [3.63, 3.8) is 0 Å². The Bertz CT molecular complexity index is 1270.